The van der Waals surface area contributed by atoms with Gasteiger partial charge in [-0.05, 0) is 93.2 Å². The van der Waals surface area contributed by atoms with E-state index in [4.69, 9.17) is 37.7 Å². The van der Waals surface area contributed by atoms with Crippen LogP contribution in [0.4, 0.5) is 0 Å². The van der Waals surface area contributed by atoms with Crippen LogP contribution in [0.2, 0.25) is 5.54 Å². The minimum atomic E-state index is -2.78. The molecule has 1 aliphatic rings. The number of rotatable bonds is 18. The van der Waals surface area contributed by atoms with E-state index in [1.54, 1.807) is 0 Å². The highest BCUT2D eigenvalue weighted by molar-refractivity contribution is 7.80. The SMILES string of the molecule is CCCC(=S)CCC1(CCC(=S)CCC)CCCCC1C(C)[Si](OCC)(OCC)OCC. The van der Waals surface area contributed by atoms with Crippen molar-refractivity contribution in [2.75, 3.05) is 19.8 Å². The van der Waals surface area contributed by atoms with E-state index < -0.39 is 8.80 Å². The molecule has 0 saturated heterocycles. The summed E-state index contributed by atoms with van der Waals surface area (Å²) in [5.41, 5.74) is 0.527. The van der Waals surface area contributed by atoms with Crippen LogP contribution < -0.4 is 0 Å². The van der Waals surface area contributed by atoms with Gasteiger partial charge in [0.05, 0.1) is 0 Å². The summed E-state index contributed by atoms with van der Waals surface area (Å²) in [5, 5.41) is 0. The molecule has 0 aromatic rings. The zero-order valence-electron chi connectivity index (χ0n) is 21.8. The van der Waals surface area contributed by atoms with Gasteiger partial charge in [-0.2, -0.15) is 0 Å². The zero-order chi connectivity index (χ0) is 24.0. The van der Waals surface area contributed by atoms with Gasteiger partial charge in [-0.1, -0.05) is 70.9 Å². The number of thiocarbonyl (C=S) groups is 2. The van der Waals surface area contributed by atoms with Crippen molar-refractivity contribution in [1.29, 1.82) is 0 Å². The second kappa shape index (κ2) is 16.0. The molecule has 0 amide bonds. The summed E-state index contributed by atoms with van der Waals surface area (Å²) >= 11 is 11.5. The zero-order valence-corrected chi connectivity index (χ0v) is 24.4. The first-order valence-corrected chi connectivity index (χ1v) is 15.9. The van der Waals surface area contributed by atoms with Crippen molar-refractivity contribution < 1.29 is 13.3 Å². The van der Waals surface area contributed by atoms with E-state index in [1.807, 2.05) is 0 Å². The van der Waals surface area contributed by atoms with Crippen LogP contribution in [0.25, 0.3) is 0 Å². The van der Waals surface area contributed by atoms with Crippen LogP contribution in [0, 0.1) is 11.3 Å². The lowest BCUT2D eigenvalue weighted by atomic mass is 9.60. The van der Waals surface area contributed by atoms with E-state index in [1.165, 1.54) is 48.3 Å². The average Bonchev–Trinajstić information content (AvgIpc) is 2.77. The maximum atomic E-state index is 6.39. The van der Waals surface area contributed by atoms with Crippen molar-refractivity contribution in [2.45, 2.75) is 124 Å². The number of hydrogen-bond acceptors (Lipinski definition) is 5. The Morgan fingerprint density at radius 2 is 1.28 bits per heavy atom. The van der Waals surface area contributed by atoms with Crippen molar-refractivity contribution in [3.8, 4) is 0 Å². The molecule has 1 rings (SSSR count). The molecule has 3 nitrogen and oxygen atoms in total. The summed E-state index contributed by atoms with van der Waals surface area (Å²) in [6, 6.07) is 0. The van der Waals surface area contributed by atoms with Gasteiger partial charge in [0.15, 0.2) is 0 Å². The molecule has 0 radical (unpaired) electrons. The summed E-state index contributed by atoms with van der Waals surface area (Å²) in [7, 11) is -2.78. The average molecular weight is 503 g/mol. The van der Waals surface area contributed by atoms with Gasteiger partial charge < -0.3 is 13.3 Å². The Bertz CT molecular complexity index is 516. The predicted octanol–water partition coefficient (Wildman–Crippen LogP) is 8.50. The molecule has 0 N–H and O–H groups in total. The van der Waals surface area contributed by atoms with Crippen LogP contribution in [-0.2, 0) is 13.3 Å². The molecular formula is C26H50O3S2Si. The Kier molecular flexibility index (Phi) is 15.2. The lowest BCUT2D eigenvalue weighted by molar-refractivity contribution is 0.0160. The molecule has 1 fully saturated rings. The molecule has 1 saturated carbocycles. The van der Waals surface area contributed by atoms with Gasteiger partial charge in [0, 0.05) is 25.4 Å². The highest BCUT2D eigenvalue weighted by atomic mass is 32.1. The van der Waals surface area contributed by atoms with E-state index >= 15 is 0 Å². The molecule has 0 aromatic carbocycles. The van der Waals surface area contributed by atoms with Crippen LogP contribution in [0.3, 0.4) is 0 Å². The molecule has 6 heteroatoms. The maximum Gasteiger partial charge on any atom is 0.504 e. The van der Waals surface area contributed by atoms with Crippen LogP contribution in [0.1, 0.15) is 119 Å². The van der Waals surface area contributed by atoms with Gasteiger partial charge in [0.2, 0.25) is 0 Å². The third-order valence-electron chi connectivity index (χ3n) is 7.29. The Morgan fingerprint density at radius 3 is 1.69 bits per heavy atom. The van der Waals surface area contributed by atoms with E-state index in [9.17, 15) is 0 Å². The highest BCUT2D eigenvalue weighted by Gasteiger charge is 2.55. The maximum absolute atomic E-state index is 6.39. The normalized spacial score (nSPS) is 19.6. The Hall–Kier alpha value is 0.277. The summed E-state index contributed by atoms with van der Waals surface area (Å²) in [6.07, 6.45) is 13.9. The molecule has 32 heavy (non-hydrogen) atoms. The van der Waals surface area contributed by atoms with Gasteiger partial charge >= 0.3 is 8.80 Å². The largest absolute Gasteiger partial charge is 0.504 e. The first kappa shape index (κ1) is 30.3. The molecular weight excluding hydrogens is 453 g/mol. The van der Waals surface area contributed by atoms with Crippen molar-refractivity contribution in [3.63, 3.8) is 0 Å². The third kappa shape index (κ3) is 8.81. The van der Waals surface area contributed by atoms with Crippen LogP contribution in [-0.4, -0.2) is 38.4 Å². The van der Waals surface area contributed by atoms with Crippen LogP contribution in [0.5, 0.6) is 0 Å². The lowest BCUT2D eigenvalue weighted by Gasteiger charge is -2.50. The van der Waals surface area contributed by atoms with E-state index in [-0.39, 0.29) is 11.0 Å². The van der Waals surface area contributed by atoms with Crippen molar-refractivity contribution in [1.82, 2.24) is 0 Å². The first-order chi connectivity index (χ1) is 15.3. The second-order valence-electron chi connectivity index (χ2n) is 9.48. The Labute approximate surface area is 211 Å². The summed E-state index contributed by atoms with van der Waals surface area (Å²) in [5.74, 6) is 0.529. The van der Waals surface area contributed by atoms with Gasteiger partial charge in [-0.15, -0.1) is 0 Å². The molecule has 1 aliphatic carbocycles. The fourth-order valence-electron chi connectivity index (χ4n) is 5.81. The summed E-state index contributed by atoms with van der Waals surface area (Å²) in [4.78, 5) is 2.48. The minimum absolute atomic E-state index is 0.247. The fraction of sp³-hybridized carbons (Fsp3) is 0.923. The smallest absolute Gasteiger partial charge is 0.374 e. The molecule has 0 aliphatic heterocycles. The van der Waals surface area contributed by atoms with Crippen molar-refractivity contribution in [3.05, 3.63) is 0 Å². The Morgan fingerprint density at radius 1 is 0.812 bits per heavy atom. The van der Waals surface area contributed by atoms with Gasteiger partial charge in [0.25, 0.3) is 0 Å². The van der Waals surface area contributed by atoms with Gasteiger partial charge in [-0.3, -0.25) is 0 Å². The summed E-state index contributed by atoms with van der Waals surface area (Å²) in [6.45, 7) is 14.9. The fourth-order valence-corrected chi connectivity index (χ4v) is 9.68. The molecule has 0 aromatic heterocycles. The minimum Gasteiger partial charge on any atom is -0.374 e. The quantitative estimate of drug-likeness (QED) is 0.138. The monoisotopic (exact) mass is 502 g/mol. The lowest BCUT2D eigenvalue weighted by Crippen LogP contribution is -2.54. The van der Waals surface area contributed by atoms with Crippen LogP contribution >= 0.6 is 24.4 Å². The van der Waals surface area contributed by atoms with E-state index in [0.29, 0.717) is 25.7 Å². The first-order valence-electron chi connectivity index (χ1n) is 13.3. The summed E-state index contributed by atoms with van der Waals surface area (Å²) < 4.78 is 19.2. The molecule has 0 heterocycles. The topological polar surface area (TPSA) is 27.7 Å². The Balaban J connectivity index is 3.28. The predicted molar refractivity (Wildman–Crippen MR) is 148 cm³/mol. The van der Waals surface area contributed by atoms with E-state index in [2.05, 4.69) is 41.5 Å². The van der Waals surface area contributed by atoms with Gasteiger partial charge in [0.1, 0.15) is 0 Å². The molecule has 0 spiro atoms. The highest BCUT2D eigenvalue weighted by Crippen LogP contribution is 2.55. The number of hydrogen-bond donors (Lipinski definition) is 0. The van der Waals surface area contributed by atoms with Crippen molar-refractivity contribution >= 4 is 43.0 Å². The molecule has 188 valence electrons. The second-order valence-corrected chi connectivity index (χ2v) is 13.6. The standard InChI is InChI=1S/C26H50O3S2Si/c1-7-14-23(30)17-20-26(21-18-24(31)15-8-2)19-13-12-16-25(26)22(6)32(27-9-3,28-10-4)29-11-5/h22,25H,7-21H2,1-6H3. The molecule has 2 atom stereocenters. The third-order valence-corrected chi connectivity index (χ3v) is 11.7. The molecule has 0 bridgehead atoms. The van der Waals surface area contributed by atoms with Crippen LogP contribution in [0.15, 0.2) is 0 Å². The van der Waals surface area contributed by atoms with E-state index in [0.717, 1.165) is 38.5 Å². The van der Waals surface area contributed by atoms with Crippen molar-refractivity contribution in [2.24, 2.45) is 11.3 Å². The van der Waals surface area contributed by atoms with Gasteiger partial charge in [-0.25, -0.2) is 0 Å². The molecule has 2 unspecified atom stereocenters.